The number of halogens is 3. The van der Waals surface area contributed by atoms with Gasteiger partial charge in [0.2, 0.25) is 0 Å². The van der Waals surface area contributed by atoms with Gasteiger partial charge in [-0.1, -0.05) is 12.1 Å². The average molecular weight is 242 g/mol. The summed E-state index contributed by atoms with van der Waals surface area (Å²) in [5.41, 5.74) is 5.51. The van der Waals surface area contributed by atoms with Gasteiger partial charge < -0.3 is 10.8 Å². The van der Waals surface area contributed by atoms with Crippen molar-refractivity contribution in [2.75, 3.05) is 0 Å². The molecule has 0 saturated carbocycles. The SMILES string of the molecule is Cl.Cl.NC(C(=O)O)c1cccc(F)c1. The highest BCUT2D eigenvalue weighted by molar-refractivity contribution is 5.85. The molecule has 0 aliphatic heterocycles. The van der Waals surface area contributed by atoms with Crippen LogP contribution < -0.4 is 5.73 Å². The summed E-state index contributed by atoms with van der Waals surface area (Å²) in [6, 6.07) is 4.09. The topological polar surface area (TPSA) is 63.3 Å². The molecule has 3 N–H and O–H groups in total. The fourth-order valence-electron chi connectivity index (χ4n) is 0.843. The second kappa shape index (κ2) is 6.59. The normalized spacial score (nSPS) is 10.7. The molecule has 0 radical (unpaired) electrons. The molecule has 0 heterocycles. The Hall–Kier alpha value is -0.840. The number of nitrogens with two attached hydrogens (primary N) is 1. The molecule has 1 aromatic carbocycles. The van der Waals surface area contributed by atoms with E-state index in [2.05, 4.69) is 0 Å². The zero-order valence-electron chi connectivity index (χ0n) is 7.01. The van der Waals surface area contributed by atoms with Gasteiger partial charge in [0.1, 0.15) is 11.9 Å². The number of hydrogen-bond acceptors (Lipinski definition) is 2. The molecule has 14 heavy (non-hydrogen) atoms. The van der Waals surface area contributed by atoms with Gasteiger partial charge in [-0.3, -0.25) is 4.79 Å². The van der Waals surface area contributed by atoms with Crippen LogP contribution in [0, 0.1) is 5.82 Å². The molecule has 1 unspecified atom stereocenters. The van der Waals surface area contributed by atoms with Crippen LogP contribution in [0.3, 0.4) is 0 Å². The summed E-state index contributed by atoms with van der Waals surface area (Å²) in [4.78, 5) is 10.4. The molecule has 0 aromatic heterocycles. The van der Waals surface area contributed by atoms with Crippen molar-refractivity contribution in [1.29, 1.82) is 0 Å². The third-order valence-corrected chi connectivity index (χ3v) is 1.47. The molecule has 0 amide bonds. The summed E-state index contributed by atoms with van der Waals surface area (Å²) in [6.45, 7) is 0. The number of carbonyl (C=O) groups is 1. The Morgan fingerprint density at radius 1 is 1.43 bits per heavy atom. The van der Waals surface area contributed by atoms with Gasteiger partial charge in [0.15, 0.2) is 0 Å². The first kappa shape index (κ1) is 15.6. The van der Waals surface area contributed by atoms with Crippen LogP contribution in [0.1, 0.15) is 11.6 Å². The molecule has 0 aliphatic carbocycles. The van der Waals surface area contributed by atoms with Crippen molar-refractivity contribution in [2.24, 2.45) is 5.73 Å². The number of carboxylic acid groups (broad SMARTS) is 1. The van der Waals surface area contributed by atoms with Crippen molar-refractivity contribution in [2.45, 2.75) is 6.04 Å². The van der Waals surface area contributed by atoms with E-state index in [9.17, 15) is 9.18 Å². The second-order valence-electron chi connectivity index (χ2n) is 2.37. The minimum Gasteiger partial charge on any atom is -0.480 e. The number of aliphatic carboxylic acids is 1. The van der Waals surface area contributed by atoms with Gasteiger partial charge in [-0.15, -0.1) is 24.8 Å². The molecule has 6 heteroatoms. The van der Waals surface area contributed by atoms with E-state index < -0.39 is 17.8 Å². The highest BCUT2D eigenvalue weighted by Crippen LogP contribution is 2.11. The van der Waals surface area contributed by atoms with Gasteiger partial charge in [0, 0.05) is 0 Å². The van der Waals surface area contributed by atoms with Crippen LogP contribution in [0.5, 0.6) is 0 Å². The molecule has 0 bridgehead atoms. The number of carboxylic acids is 1. The molecule has 1 atom stereocenters. The Kier molecular flexibility index (Phi) is 7.35. The summed E-state index contributed by atoms with van der Waals surface area (Å²) >= 11 is 0. The summed E-state index contributed by atoms with van der Waals surface area (Å²) in [5, 5.41) is 8.48. The standard InChI is InChI=1S/C8H8FNO2.2ClH/c9-6-3-1-2-5(4-6)7(10)8(11)12;;/h1-4,7H,10H2,(H,11,12);2*1H. The number of hydrogen-bond donors (Lipinski definition) is 2. The van der Waals surface area contributed by atoms with Crippen LogP contribution in [0.15, 0.2) is 24.3 Å². The molecular weight excluding hydrogens is 232 g/mol. The third kappa shape index (κ3) is 3.91. The van der Waals surface area contributed by atoms with Crippen LogP contribution in [0.4, 0.5) is 4.39 Å². The summed E-state index contributed by atoms with van der Waals surface area (Å²) in [6.07, 6.45) is 0. The lowest BCUT2D eigenvalue weighted by Crippen LogP contribution is -2.20. The number of rotatable bonds is 2. The Balaban J connectivity index is 0. The lowest BCUT2D eigenvalue weighted by Gasteiger charge is -2.05. The fourth-order valence-corrected chi connectivity index (χ4v) is 0.843. The van der Waals surface area contributed by atoms with Gasteiger partial charge in [0.05, 0.1) is 0 Å². The first-order chi connectivity index (χ1) is 5.61. The minimum atomic E-state index is -1.17. The maximum absolute atomic E-state index is 12.5. The second-order valence-corrected chi connectivity index (χ2v) is 2.37. The molecule has 1 aromatic rings. The van der Waals surface area contributed by atoms with Gasteiger partial charge in [-0.2, -0.15) is 0 Å². The van der Waals surface area contributed by atoms with Crippen molar-refractivity contribution in [1.82, 2.24) is 0 Å². The van der Waals surface area contributed by atoms with E-state index in [0.29, 0.717) is 0 Å². The highest BCUT2D eigenvalue weighted by atomic mass is 35.5. The monoisotopic (exact) mass is 241 g/mol. The van der Waals surface area contributed by atoms with Crippen LogP contribution in [-0.4, -0.2) is 11.1 Å². The van der Waals surface area contributed by atoms with E-state index in [1.165, 1.54) is 18.2 Å². The smallest absolute Gasteiger partial charge is 0.325 e. The largest absolute Gasteiger partial charge is 0.480 e. The van der Waals surface area contributed by atoms with Gasteiger partial charge in [-0.05, 0) is 17.7 Å². The molecule has 80 valence electrons. The Morgan fingerprint density at radius 3 is 2.43 bits per heavy atom. The maximum atomic E-state index is 12.5. The first-order valence-corrected chi connectivity index (χ1v) is 3.35. The van der Waals surface area contributed by atoms with E-state index in [-0.39, 0.29) is 30.4 Å². The van der Waals surface area contributed by atoms with Crippen LogP contribution in [-0.2, 0) is 4.79 Å². The Bertz CT molecular complexity index is 309. The third-order valence-electron chi connectivity index (χ3n) is 1.47. The molecule has 0 aliphatic rings. The average Bonchev–Trinajstić information content (AvgIpc) is 2.03. The molecule has 3 nitrogen and oxygen atoms in total. The van der Waals surface area contributed by atoms with E-state index in [1.54, 1.807) is 0 Å². The van der Waals surface area contributed by atoms with Crippen LogP contribution in [0.2, 0.25) is 0 Å². The predicted molar refractivity (Wildman–Crippen MR) is 55.5 cm³/mol. The Labute approximate surface area is 92.9 Å². The van der Waals surface area contributed by atoms with Crippen LogP contribution in [0.25, 0.3) is 0 Å². The van der Waals surface area contributed by atoms with E-state index in [4.69, 9.17) is 10.8 Å². The Morgan fingerprint density at radius 2 is 2.00 bits per heavy atom. The highest BCUT2D eigenvalue weighted by Gasteiger charge is 2.13. The van der Waals surface area contributed by atoms with Gasteiger partial charge in [0.25, 0.3) is 0 Å². The molecule has 1 rings (SSSR count). The lowest BCUT2D eigenvalue weighted by atomic mass is 10.1. The molecule has 0 saturated heterocycles. The molecule has 0 spiro atoms. The lowest BCUT2D eigenvalue weighted by molar-refractivity contribution is -0.138. The minimum absolute atomic E-state index is 0. The van der Waals surface area contributed by atoms with Gasteiger partial charge >= 0.3 is 5.97 Å². The van der Waals surface area contributed by atoms with E-state index in [1.807, 2.05) is 0 Å². The zero-order chi connectivity index (χ0) is 9.14. The number of benzene rings is 1. The van der Waals surface area contributed by atoms with E-state index in [0.717, 1.165) is 6.07 Å². The van der Waals surface area contributed by atoms with Crippen molar-refractivity contribution in [3.05, 3.63) is 35.6 Å². The van der Waals surface area contributed by atoms with Crippen molar-refractivity contribution in [3.63, 3.8) is 0 Å². The maximum Gasteiger partial charge on any atom is 0.325 e. The zero-order valence-corrected chi connectivity index (χ0v) is 8.65. The molecule has 0 fully saturated rings. The summed E-state index contributed by atoms with van der Waals surface area (Å²) < 4.78 is 12.5. The summed E-state index contributed by atoms with van der Waals surface area (Å²) in [7, 11) is 0. The van der Waals surface area contributed by atoms with Crippen molar-refractivity contribution < 1.29 is 14.3 Å². The summed E-state index contributed by atoms with van der Waals surface area (Å²) in [5.74, 6) is -1.65. The van der Waals surface area contributed by atoms with Crippen LogP contribution >= 0.6 is 24.8 Å². The van der Waals surface area contributed by atoms with Crippen molar-refractivity contribution >= 4 is 30.8 Å². The fraction of sp³-hybridized carbons (Fsp3) is 0.125. The predicted octanol–water partition coefficient (Wildman–Crippen LogP) is 1.75. The quantitative estimate of drug-likeness (QED) is 0.830. The van der Waals surface area contributed by atoms with Crippen molar-refractivity contribution in [3.8, 4) is 0 Å². The molecular formula is C8H10Cl2FNO2. The first-order valence-electron chi connectivity index (χ1n) is 3.35. The van der Waals surface area contributed by atoms with Gasteiger partial charge in [-0.25, -0.2) is 4.39 Å². The van der Waals surface area contributed by atoms with E-state index >= 15 is 0 Å².